The summed E-state index contributed by atoms with van der Waals surface area (Å²) in [6.07, 6.45) is 6.33. The number of rotatable bonds is 4. The normalized spacial score (nSPS) is 17.2. The van der Waals surface area contributed by atoms with Crippen LogP contribution in [0.3, 0.4) is 0 Å². The van der Waals surface area contributed by atoms with E-state index in [1.54, 1.807) is 17.6 Å². The van der Waals surface area contributed by atoms with E-state index < -0.39 is 0 Å². The number of amides is 1. The first-order valence-corrected chi connectivity index (χ1v) is 9.26. The van der Waals surface area contributed by atoms with Gasteiger partial charge in [-0.2, -0.15) is 10.2 Å². The van der Waals surface area contributed by atoms with Crippen molar-refractivity contribution in [3.8, 4) is 0 Å². The molecule has 3 rings (SSSR count). The molecule has 0 saturated carbocycles. The summed E-state index contributed by atoms with van der Waals surface area (Å²) in [5.74, 6) is 0.635. The van der Waals surface area contributed by atoms with Gasteiger partial charge in [0, 0.05) is 23.2 Å². The third-order valence-corrected chi connectivity index (χ3v) is 6.15. The molecule has 1 amide bonds. The highest BCUT2D eigenvalue weighted by molar-refractivity contribution is 7.14. The molecule has 1 N–H and O–H groups in total. The molecule has 2 aromatic rings. The molecule has 1 aliphatic rings. The van der Waals surface area contributed by atoms with Crippen molar-refractivity contribution >= 4 is 23.5 Å². The molecule has 2 aromatic heterocycles. The molecule has 0 saturated heterocycles. The van der Waals surface area contributed by atoms with Gasteiger partial charge in [0.2, 0.25) is 0 Å². The summed E-state index contributed by atoms with van der Waals surface area (Å²) in [4.78, 5) is 14.5. The third-order valence-electron chi connectivity index (χ3n) is 4.91. The minimum absolute atomic E-state index is 0.127. The summed E-state index contributed by atoms with van der Waals surface area (Å²) in [5.41, 5.74) is 6.89. The van der Waals surface area contributed by atoms with Gasteiger partial charge in [-0.1, -0.05) is 13.3 Å². The first-order valence-electron chi connectivity index (χ1n) is 8.44. The second kappa shape index (κ2) is 6.89. The Kier molecular flexibility index (Phi) is 4.85. The Morgan fingerprint density at radius 3 is 3.00 bits per heavy atom. The SMILES string of the molecule is CCC1CCc2sc(C(=O)N/N=C/c3c(C)nn(C)c3C)cc2C1. The largest absolute Gasteiger partial charge is 0.281 e. The maximum absolute atomic E-state index is 12.3. The van der Waals surface area contributed by atoms with Crippen molar-refractivity contribution < 1.29 is 4.79 Å². The third kappa shape index (κ3) is 3.29. The van der Waals surface area contributed by atoms with Crippen LogP contribution in [0.2, 0.25) is 0 Å². The number of hydrazone groups is 1. The van der Waals surface area contributed by atoms with Crippen LogP contribution in [0, 0.1) is 19.8 Å². The molecule has 1 aliphatic carbocycles. The molecule has 0 aliphatic heterocycles. The van der Waals surface area contributed by atoms with Crippen molar-refractivity contribution in [3.63, 3.8) is 0 Å². The van der Waals surface area contributed by atoms with Crippen molar-refractivity contribution in [1.29, 1.82) is 0 Å². The molecule has 0 radical (unpaired) electrons. The molecule has 0 aromatic carbocycles. The average Bonchev–Trinajstić information content (AvgIpc) is 3.09. The van der Waals surface area contributed by atoms with Crippen molar-refractivity contribution in [2.75, 3.05) is 0 Å². The van der Waals surface area contributed by atoms with Crippen LogP contribution in [0.25, 0.3) is 0 Å². The quantitative estimate of drug-likeness (QED) is 0.683. The van der Waals surface area contributed by atoms with Gasteiger partial charge < -0.3 is 0 Å². The predicted octanol–water partition coefficient (Wildman–Crippen LogP) is 3.38. The lowest BCUT2D eigenvalue weighted by Crippen LogP contribution is -2.16. The first kappa shape index (κ1) is 16.9. The number of hydrogen-bond donors (Lipinski definition) is 1. The van der Waals surface area contributed by atoms with Gasteiger partial charge in [0.25, 0.3) is 5.91 Å². The van der Waals surface area contributed by atoms with Crippen molar-refractivity contribution in [1.82, 2.24) is 15.2 Å². The number of fused-ring (bicyclic) bond motifs is 1. The number of carbonyl (C=O) groups is 1. The summed E-state index contributed by atoms with van der Waals surface area (Å²) >= 11 is 1.61. The average molecular weight is 344 g/mol. The number of aryl methyl sites for hydroxylation is 3. The van der Waals surface area contributed by atoms with E-state index in [2.05, 4.69) is 22.5 Å². The van der Waals surface area contributed by atoms with Crippen LogP contribution in [0.15, 0.2) is 11.2 Å². The van der Waals surface area contributed by atoms with Crippen molar-refractivity contribution in [2.45, 2.75) is 46.5 Å². The van der Waals surface area contributed by atoms with Crippen molar-refractivity contribution in [2.24, 2.45) is 18.1 Å². The summed E-state index contributed by atoms with van der Waals surface area (Å²) in [7, 11) is 1.90. The maximum Gasteiger partial charge on any atom is 0.281 e. The molecular weight excluding hydrogens is 320 g/mol. The molecule has 0 fully saturated rings. The molecule has 5 nitrogen and oxygen atoms in total. The lowest BCUT2D eigenvalue weighted by Gasteiger charge is -2.19. The molecule has 0 spiro atoms. The van der Waals surface area contributed by atoms with Gasteiger partial charge in [-0.05, 0) is 50.7 Å². The molecule has 1 unspecified atom stereocenters. The summed E-state index contributed by atoms with van der Waals surface area (Å²) < 4.78 is 1.82. The molecule has 128 valence electrons. The second-order valence-corrected chi connectivity index (χ2v) is 7.62. The highest BCUT2D eigenvalue weighted by Crippen LogP contribution is 2.33. The van der Waals surface area contributed by atoms with Gasteiger partial charge in [0.05, 0.1) is 16.8 Å². The Bertz CT molecular complexity index is 787. The van der Waals surface area contributed by atoms with Gasteiger partial charge in [-0.15, -0.1) is 11.3 Å². The minimum atomic E-state index is -0.127. The highest BCUT2D eigenvalue weighted by atomic mass is 32.1. The topological polar surface area (TPSA) is 59.3 Å². The molecule has 24 heavy (non-hydrogen) atoms. The minimum Gasteiger partial charge on any atom is -0.272 e. The Morgan fingerprint density at radius 1 is 1.54 bits per heavy atom. The van der Waals surface area contributed by atoms with Crippen LogP contribution in [0.1, 0.15) is 56.8 Å². The Hall–Kier alpha value is -1.95. The number of nitrogens with zero attached hydrogens (tertiary/aromatic N) is 3. The zero-order valence-electron chi connectivity index (χ0n) is 14.7. The second-order valence-electron chi connectivity index (χ2n) is 6.48. The van der Waals surface area contributed by atoms with E-state index in [4.69, 9.17) is 0 Å². The number of carbonyl (C=O) groups excluding carboxylic acids is 1. The van der Waals surface area contributed by atoms with Crippen LogP contribution in [-0.2, 0) is 19.9 Å². The van der Waals surface area contributed by atoms with E-state index in [0.717, 1.165) is 40.6 Å². The van der Waals surface area contributed by atoms with Gasteiger partial charge in [0.1, 0.15) is 0 Å². The molecule has 2 heterocycles. The predicted molar refractivity (Wildman–Crippen MR) is 97.9 cm³/mol. The van der Waals surface area contributed by atoms with E-state index in [-0.39, 0.29) is 5.91 Å². The highest BCUT2D eigenvalue weighted by Gasteiger charge is 2.21. The number of thiophene rings is 1. The van der Waals surface area contributed by atoms with E-state index in [9.17, 15) is 4.79 Å². The van der Waals surface area contributed by atoms with Crippen LogP contribution >= 0.6 is 11.3 Å². The van der Waals surface area contributed by atoms with Gasteiger partial charge >= 0.3 is 0 Å². The maximum atomic E-state index is 12.3. The first-order chi connectivity index (χ1) is 11.5. The van der Waals surface area contributed by atoms with Gasteiger partial charge in [0.15, 0.2) is 0 Å². The van der Waals surface area contributed by atoms with E-state index in [1.165, 1.54) is 23.3 Å². The van der Waals surface area contributed by atoms with Crippen LogP contribution < -0.4 is 5.43 Å². The Balaban J connectivity index is 1.68. The Labute approximate surface area is 146 Å². The number of aromatic nitrogens is 2. The Morgan fingerprint density at radius 2 is 2.33 bits per heavy atom. The van der Waals surface area contributed by atoms with E-state index in [1.807, 2.05) is 31.6 Å². The van der Waals surface area contributed by atoms with Gasteiger partial charge in [-0.3, -0.25) is 9.48 Å². The summed E-state index contributed by atoms with van der Waals surface area (Å²) in [6, 6.07) is 2.05. The number of nitrogens with one attached hydrogen (secondary N) is 1. The van der Waals surface area contributed by atoms with Gasteiger partial charge in [-0.25, -0.2) is 5.43 Å². The molecule has 0 bridgehead atoms. The van der Waals surface area contributed by atoms with E-state index in [0.29, 0.717) is 0 Å². The zero-order chi connectivity index (χ0) is 17.3. The van der Waals surface area contributed by atoms with Crippen molar-refractivity contribution in [3.05, 3.63) is 38.3 Å². The zero-order valence-corrected chi connectivity index (χ0v) is 15.5. The molecule has 1 atom stereocenters. The van der Waals surface area contributed by atoms with Crippen LogP contribution in [-0.4, -0.2) is 21.9 Å². The summed E-state index contributed by atoms with van der Waals surface area (Å²) in [6.45, 7) is 6.17. The monoisotopic (exact) mass is 344 g/mol. The number of hydrogen-bond acceptors (Lipinski definition) is 4. The fourth-order valence-corrected chi connectivity index (χ4v) is 4.35. The van der Waals surface area contributed by atoms with Crippen LogP contribution in [0.5, 0.6) is 0 Å². The molecular formula is C18H24N4OS. The lowest BCUT2D eigenvalue weighted by molar-refractivity contribution is 0.0959. The fraction of sp³-hybridized carbons (Fsp3) is 0.500. The smallest absolute Gasteiger partial charge is 0.272 e. The lowest BCUT2D eigenvalue weighted by atomic mass is 9.87. The summed E-state index contributed by atoms with van der Waals surface area (Å²) in [5, 5.41) is 8.46. The van der Waals surface area contributed by atoms with Crippen LogP contribution in [0.4, 0.5) is 0 Å². The standard InChI is InChI=1S/C18H24N4OS/c1-5-13-6-7-16-14(8-13)9-17(24-16)18(23)20-19-10-15-11(2)21-22(4)12(15)3/h9-10,13H,5-8H2,1-4H3,(H,20,23)/b19-10+. The van der Waals surface area contributed by atoms with E-state index >= 15 is 0 Å². The molecule has 6 heteroatoms. The fourth-order valence-electron chi connectivity index (χ4n) is 3.25.